The summed E-state index contributed by atoms with van der Waals surface area (Å²) >= 11 is 12.3. The predicted octanol–water partition coefficient (Wildman–Crippen LogP) is 5.72. The second kappa shape index (κ2) is 13.3. The number of carbonyl (C=O) groups is 2. The molecule has 12 heteroatoms. The number of hydrogen-bond acceptors (Lipinski definition) is 7. The molecule has 3 atom stereocenters. The smallest absolute Gasteiger partial charge is 0.323 e. The Hall–Kier alpha value is -3.70. The number of amides is 3. The van der Waals surface area contributed by atoms with Gasteiger partial charge in [0.05, 0.1) is 33.9 Å². The van der Waals surface area contributed by atoms with Crippen molar-refractivity contribution in [3.63, 3.8) is 0 Å². The average Bonchev–Trinajstić information content (AvgIpc) is 3.45. The molecular weight excluding hydrogens is 595 g/mol. The van der Waals surface area contributed by atoms with E-state index in [0.717, 1.165) is 5.56 Å². The number of anilines is 2. The number of likely N-dealkylation sites (N-methyl/N-ethyl adjacent to an activating group) is 1. The molecule has 228 valence electrons. The Labute approximate surface area is 260 Å². The number of rotatable bonds is 8. The third kappa shape index (κ3) is 7.10. The van der Waals surface area contributed by atoms with E-state index in [1.807, 2.05) is 26.1 Å². The molecular formula is C31H34Cl2N4O6. The first-order chi connectivity index (χ1) is 20.6. The highest BCUT2D eigenvalue weighted by Crippen LogP contribution is 2.36. The van der Waals surface area contributed by atoms with Gasteiger partial charge in [-0.2, -0.15) is 0 Å². The lowest BCUT2D eigenvalue weighted by molar-refractivity contribution is 0.0343. The van der Waals surface area contributed by atoms with Gasteiger partial charge in [0, 0.05) is 37.3 Å². The molecule has 3 aromatic rings. The largest absolute Gasteiger partial charge is 0.486 e. The van der Waals surface area contributed by atoms with E-state index >= 15 is 0 Å². The molecule has 0 radical (unpaired) electrons. The molecule has 0 fully saturated rings. The lowest BCUT2D eigenvalue weighted by Gasteiger charge is -2.38. The molecule has 2 aliphatic heterocycles. The second-order valence-electron chi connectivity index (χ2n) is 10.9. The maximum atomic E-state index is 13.7. The fraction of sp³-hybridized carbons (Fsp3) is 0.355. The zero-order chi connectivity index (χ0) is 30.7. The number of urea groups is 1. The van der Waals surface area contributed by atoms with Gasteiger partial charge in [-0.05, 0) is 55.9 Å². The lowest BCUT2D eigenvalue weighted by atomic mass is 9.99. The molecule has 0 bridgehead atoms. The number of para-hydroxylation sites is 1. The third-order valence-electron chi connectivity index (χ3n) is 7.50. The van der Waals surface area contributed by atoms with Gasteiger partial charge < -0.3 is 34.9 Å². The third-order valence-corrected chi connectivity index (χ3v) is 8.24. The number of nitrogens with one attached hydrogen (secondary N) is 2. The van der Waals surface area contributed by atoms with Crippen LogP contribution in [0.3, 0.4) is 0 Å². The highest BCUT2D eigenvalue weighted by atomic mass is 35.5. The summed E-state index contributed by atoms with van der Waals surface area (Å²) in [6.07, 6.45) is -0.368. The molecule has 0 aromatic heterocycles. The van der Waals surface area contributed by atoms with Crippen LogP contribution in [0.4, 0.5) is 16.2 Å². The van der Waals surface area contributed by atoms with Crippen molar-refractivity contribution < 1.29 is 28.9 Å². The summed E-state index contributed by atoms with van der Waals surface area (Å²) in [5.41, 5.74) is 2.14. The second-order valence-corrected chi connectivity index (χ2v) is 11.7. The van der Waals surface area contributed by atoms with E-state index in [0.29, 0.717) is 58.1 Å². The van der Waals surface area contributed by atoms with Crippen LogP contribution in [0.15, 0.2) is 54.6 Å². The number of benzene rings is 3. The molecule has 0 spiro atoms. The van der Waals surface area contributed by atoms with Crippen molar-refractivity contribution in [2.75, 3.05) is 44.2 Å². The summed E-state index contributed by atoms with van der Waals surface area (Å²) < 4.78 is 17.3. The number of fused-ring (bicyclic) bond motifs is 2. The van der Waals surface area contributed by atoms with Crippen molar-refractivity contribution in [2.24, 2.45) is 5.92 Å². The van der Waals surface area contributed by atoms with Crippen molar-refractivity contribution in [1.29, 1.82) is 0 Å². The summed E-state index contributed by atoms with van der Waals surface area (Å²) in [5.74, 6) is 1.01. The van der Waals surface area contributed by atoms with Gasteiger partial charge >= 0.3 is 6.03 Å². The molecule has 2 heterocycles. The summed E-state index contributed by atoms with van der Waals surface area (Å²) in [5, 5.41) is 16.6. The minimum absolute atomic E-state index is 0.113. The molecule has 3 aromatic carbocycles. The molecule has 43 heavy (non-hydrogen) atoms. The molecule has 3 N–H and O–H groups in total. The van der Waals surface area contributed by atoms with Gasteiger partial charge in [-0.25, -0.2) is 4.79 Å². The molecule has 0 saturated heterocycles. The van der Waals surface area contributed by atoms with Crippen LogP contribution in [-0.4, -0.2) is 72.5 Å². The Kier molecular flexibility index (Phi) is 9.51. The van der Waals surface area contributed by atoms with Gasteiger partial charge in [0.25, 0.3) is 5.91 Å². The van der Waals surface area contributed by atoms with Gasteiger partial charge in [0.15, 0.2) is 17.2 Å². The summed E-state index contributed by atoms with van der Waals surface area (Å²) in [6, 6.07) is 14.7. The van der Waals surface area contributed by atoms with E-state index < -0.39 is 12.1 Å². The van der Waals surface area contributed by atoms with Crippen LogP contribution in [0.2, 0.25) is 10.0 Å². The molecule has 0 saturated carbocycles. The van der Waals surface area contributed by atoms with Crippen molar-refractivity contribution in [2.45, 2.75) is 32.5 Å². The van der Waals surface area contributed by atoms with E-state index in [9.17, 15) is 14.7 Å². The minimum atomic E-state index is -0.521. The van der Waals surface area contributed by atoms with Crippen LogP contribution >= 0.6 is 23.2 Å². The number of halogens is 2. The van der Waals surface area contributed by atoms with E-state index in [-0.39, 0.29) is 37.1 Å². The quantitative estimate of drug-likeness (QED) is 0.292. The Morgan fingerprint density at radius 3 is 2.65 bits per heavy atom. The minimum Gasteiger partial charge on any atom is -0.486 e. The molecule has 10 nitrogen and oxygen atoms in total. The molecule has 2 aliphatic rings. The Bertz CT molecular complexity index is 1510. The maximum absolute atomic E-state index is 13.7. The maximum Gasteiger partial charge on any atom is 0.323 e. The van der Waals surface area contributed by atoms with Crippen molar-refractivity contribution in [3.8, 4) is 17.2 Å². The number of aliphatic hydroxyl groups is 1. The van der Waals surface area contributed by atoms with Crippen LogP contribution < -0.4 is 24.8 Å². The van der Waals surface area contributed by atoms with Gasteiger partial charge in [0.2, 0.25) is 6.79 Å². The Balaban J connectivity index is 1.40. The van der Waals surface area contributed by atoms with E-state index in [2.05, 4.69) is 15.5 Å². The van der Waals surface area contributed by atoms with Crippen molar-refractivity contribution >= 4 is 46.5 Å². The van der Waals surface area contributed by atoms with Crippen molar-refractivity contribution in [1.82, 2.24) is 9.80 Å². The van der Waals surface area contributed by atoms with E-state index in [1.54, 1.807) is 54.3 Å². The van der Waals surface area contributed by atoms with Gasteiger partial charge in [-0.15, -0.1) is 0 Å². The zero-order valence-electron chi connectivity index (χ0n) is 24.1. The first-order valence-electron chi connectivity index (χ1n) is 13.9. The fourth-order valence-corrected chi connectivity index (χ4v) is 5.46. The van der Waals surface area contributed by atoms with E-state index in [1.165, 1.54) is 0 Å². The highest BCUT2D eigenvalue weighted by Gasteiger charge is 2.34. The summed E-state index contributed by atoms with van der Waals surface area (Å²) in [6.45, 7) is 5.23. The van der Waals surface area contributed by atoms with Crippen molar-refractivity contribution in [3.05, 3.63) is 75.8 Å². The van der Waals surface area contributed by atoms with Gasteiger partial charge in [-0.1, -0.05) is 42.3 Å². The molecule has 0 aliphatic carbocycles. The van der Waals surface area contributed by atoms with Crippen LogP contribution in [0.25, 0.3) is 0 Å². The number of hydrogen-bond donors (Lipinski definition) is 3. The molecule has 0 unspecified atom stereocenters. The van der Waals surface area contributed by atoms with Gasteiger partial charge in [-0.3, -0.25) is 9.69 Å². The predicted molar refractivity (Wildman–Crippen MR) is 166 cm³/mol. The summed E-state index contributed by atoms with van der Waals surface area (Å²) in [4.78, 5) is 30.6. The zero-order valence-corrected chi connectivity index (χ0v) is 25.6. The summed E-state index contributed by atoms with van der Waals surface area (Å²) in [7, 11) is 1.97. The first kappa shape index (κ1) is 30.7. The van der Waals surface area contributed by atoms with Crippen LogP contribution in [0.1, 0.15) is 29.8 Å². The average molecular weight is 630 g/mol. The number of ether oxygens (including phenoxy) is 3. The number of nitrogens with zero attached hydrogens (tertiary/aromatic N) is 2. The standard InChI is InChI=1S/C31H34Cl2N4O6/c1-18-13-37(19(2)16-38)30(39)22-5-4-6-25(35-31(40)34-21-8-10-26-27(12-21)42-17-41-26)29(22)43-28(18)15-36(3)14-20-7-9-23(32)24(33)11-20/h4-12,18-19,28,38H,13-17H2,1-3H3,(H2,34,35,40)/t18-,19+,28+/m1/s1. The van der Waals surface area contributed by atoms with Crippen LogP contribution in [0, 0.1) is 5.92 Å². The number of aliphatic hydroxyl groups excluding tert-OH is 1. The monoisotopic (exact) mass is 628 g/mol. The first-order valence-corrected chi connectivity index (χ1v) is 14.7. The SMILES string of the molecule is C[C@@H]1CN([C@@H](C)CO)C(=O)c2cccc(NC(=O)Nc3ccc4c(c3)OCO4)c2O[C@H]1CN(C)Cc1ccc(Cl)c(Cl)c1. The Morgan fingerprint density at radius 2 is 1.88 bits per heavy atom. The molecule has 3 amide bonds. The van der Waals surface area contributed by atoms with Crippen LogP contribution in [-0.2, 0) is 6.54 Å². The lowest BCUT2D eigenvalue weighted by Crippen LogP contribution is -2.49. The fourth-order valence-electron chi connectivity index (χ4n) is 5.14. The van der Waals surface area contributed by atoms with E-state index in [4.69, 9.17) is 37.4 Å². The topological polar surface area (TPSA) is 113 Å². The number of carbonyl (C=O) groups excluding carboxylic acids is 2. The molecule has 5 rings (SSSR count). The highest BCUT2D eigenvalue weighted by molar-refractivity contribution is 6.42. The Morgan fingerprint density at radius 1 is 1.09 bits per heavy atom. The normalized spacial score (nSPS) is 18.4. The van der Waals surface area contributed by atoms with Gasteiger partial charge in [0.1, 0.15) is 6.10 Å². The van der Waals surface area contributed by atoms with Crippen LogP contribution in [0.5, 0.6) is 17.2 Å².